The minimum atomic E-state index is -1.44. The highest BCUT2D eigenvalue weighted by molar-refractivity contribution is 7.85. The summed E-state index contributed by atoms with van der Waals surface area (Å²) in [6, 6.07) is 8.01. The summed E-state index contributed by atoms with van der Waals surface area (Å²) in [4.78, 5) is 8.68. The van der Waals surface area contributed by atoms with Crippen LogP contribution in [0.15, 0.2) is 34.2 Å². The number of benzene rings is 1. The van der Waals surface area contributed by atoms with Gasteiger partial charge in [-0.2, -0.15) is 9.66 Å². The topological polar surface area (TPSA) is 79.0 Å². The molecule has 0 bridgehead atoms. The standard InChI is InChI=1S/C18H15FN4OS2/c1-18(2,3)26(24)22-9-15-13(7-16-17(23-15)21-10-25-16)11-4-5-14(19)12(6-11)8-20/h4-7,9-10H,1-3H3/t26-/m0/s1. The first-order valence-corrected chi connectivity index (χ1v) is 9.68. The van der Waals surface area contributed by atoms with Crippen LogP contribution in [0.5, 0.6) is 0 Å². The van der Waals surface area contributed by atoms with Gasteiger partial charge in [0, 0.05) is 5.56 Å². The number of aromatic nitrogens is 2. The Labute approximate surface area is 156 Å². The molecule has 2 heterocycles. The van der Waals surface area contributed by atoms with E-state index in [-0.39, 0.29) is 5.56 Å². The van der Waals surface area contributed by atoms with Crippen LogP contribution in [0.25, 0.3) is 21.5 Å². The maximum Gasteiger partial charge on any atom is 0.170 e. The van der Waals surface area contributed by atoms with E-state index in [0.29, 0.717) is 22.5 Å². The first-order chi connectivity index (χ1) is 12.3. The van der Waals surface area contributed by atoms with E-state index >= 15 is 0 Å². The predicted octanol–water partition coefficient (Wildman–Crippen LogP) is 4.25. The second-order valence-electron chi connectivity index (χ2n) is 6.50. The molecule has 3 rings (SSSR count). The fourth-order valence-corrected chi connectivity index (χ4v) is 3.34. The summed E-state index contributed by atoms with van der Waals surface area (Å²) in [5.74, 6) is -0.577. The average molecular weight is 386 g/mol. The first kappa shape index (κ1) is 18.3. The second kappa shape index (κ2) is 7.02. The first-order valence-electron chi connectivity index (χ1n) is 7.70. The minimum Gasteiger partial charge on any atom is -0.234 e. The number of pyridine rings is 1. The van der Waals surface area contributed by atoms with Crippen LogP contribution in [-0.2, 0) is 11.0 Å². The van der Waals surface area contributed by atoms with Gasteiger partial charge in [-0.05, 0) is 44.5 Å². The van der Waals surface area contributed by atoms with Crippen LogP contribution < -0.4 is 0 Å². The summed E-state index contributed by atoms with van der Waals surface area (Å²) < 4.78 is 30.4. The molecule has 0 saturated carbocycles. The number of thiazole rings is 1. The Morgan fingerprint density at radius 3 is 2.81 bits per heavy atom. The van der Waals surface area contributed by atoms with Gasteiger partial charge in [0.2, 0.25) is 0 Å². The minimum absolute atomic E-state index is 0.0481. The number of nitriles is 1. The SMILES string of the molecule is CC(C)(C)[S@](=O)N=Cc1nc2ncsc2cc1-c1ccc(F)c(C#N)c1. The van der Waals surface area contributed by atoms with E-state index in [9.17, 15) is 8.60 Å². The van der Waals surface area contributed by atoms with Crippen molar-refractivity contribution in [3.63, 3.8) is 0 Å². The molecule has 132 valence electrons. The molecule has 3 aromatic rings. The van der Waals surface area contributed by atoms with Gasteiger partial charge in [-0.25, -0.2) is 18.6 Å². The largest absolute Gasteiger partial charge is 0.234 e. The van der Waals surface area contributed by atoms with Crippen molar-refractivity contribution in [1.82, 2.24) is 9.97 Å². The highest BCUT2D eigenvalue weighted by atomic mass is 32.2. The second-order valence-corrected chi connectivity index (χ2v) is 9.32. The van der Waals surface area contributed by atoms with E-state index in [1.54, 1.807) is 11.6 Å². The Morgan fingerprint density at radius 1 is 1.35 bits per heavy atom. The van der Waals surface area contributed by atoms with Crippen LogP contribution in [0.2, 0.25) is 0 Å². The summed E-state index contributed by atoms with van der Waals surface area (Å²) in [6.45, 7) is 5.49. The Balaban J connectivity index is 2.16. The smallest absolute Gasteiger partial charge is 0.170 e. The molecule has 5 nitrogen and oxygen atoms in total. The fourth-order valence-electron chi connectivity index (χ4n) is 2.18. The van der Waals surface area contributed by atoms with Crippen LogP contribution in [0.4, 0.5) is 4.39 Å². The van der Waals surface area contributed by atoms with Gasteiger partial charge in [0.1, 0.15) is 22.9 Å². The molecular weight excluding hydrogens is 371 g/mol. The maximum atomic E-state index is 13.7. The molecule has 26 heavy (non-hydrogen) atoms. The molecule has 8 heteroatoms. The molecule has 2 aromatic heterocycles. The third-order valence-electron chi connectivity index (χ3n) is 3.55. The Bertz CT molecular complexity index is 1080. The fraction of sp³-hybridized carbons (Fsp3) is 0.222. The van der Waals surface area contributed by atoms with Gasteiger partial charge in [0.25, 0.3) is 0 Å². The molecule has 1 aromatic carbocycles. The van der Waals surface area contributed by atoms with E-state index in [4.69, 9.17) is 5.26 Å². The molecule has 0 aliphatic rings. The molecule has 0 saturated heterocycles. The number of fused-ring (bicyclic) bond motifs is 1. The van der Waals surface area contributed by atoms with Gasteiger partial charge in [-0.1, -0.05) is 6.07 Å². The third-order valence-corrected chi connectivity index (χ3v) is 5.65. The Hall–Kier alpha value is -2.50. The van der Waals surface area contributed by atoms with E-state index in [1.165, 1.54) is 29.7 Å². The molecular formula is C18H15FN4OS2. The van der Waals surface area contributed by atoms with E-state index in [0.717, 1.165) is 4.70 Å². The summed E-state index contributed by atoms with van der Waals surface area (Å²) in [5.41, 5.74) is 3.97. The highest BCUT2D eigenvalue weighted by Gasteiger charge is 2.19. The number of hydrogen-bond acceptors (Lipinski definition) is 5. The molecule has 0 N–H and O–H groups in total. The van der Waals surface area contributed by atoms with E-state index in [1.807, 2.05) is 32.9 Å². The lowest BCUT2D eigenvalue weighted by atomic mass is 10.0. The highest BCUT2D eigenvalue weighted by Crippen LogP contribution is 2.29. The lowest BCUT2D eigenvalue weighted by Crippen LogP contribution is -2.19. The zero-order valence-electron chi connectivity index (χ0n) is 14.4. The van der Waals surface area contributed by atoms with Crippen LogP contribution in [0.1, 0.15) is 32.0 Å². The molecule has 0 spiro atoms. The summed E-state index contributed by atoms with van der Waals surface area (Å²) in [5, 5.41) is 9.08. The monoisotopic (exact) mass is 386 g/mol. The van der Waals surface area contributed by atoms with Gasteiger partial charge in [-0.15, -0.1) is 11.3 Å². The zero-order valence-corrected chi connectivity index (χ0v) is 16.0. The van der Waals surface area contributed by atoms with Crippen molar-refractivity contribution >= 4 is 38.9 Å². The summed E-state index contributed by atoms with van der Waals surface area (Å²) in [6.07, 6.45) is 1.45. The summed E-state index contributed by atoms with van der Waals surface area (Å²) in [7, 11) is -1.44. The molecule has 0 fully saturated rings. The molecule has 0 radical (unpaired) electrons. The van der Waals surface area contributed by atoms with Crippen molar-refractivity contribution in [2.75, 3.05) is 0 Å². The van der Waals surface area contributed by atoms with Crippen LogP contribution in [-0.4, -0.2) is 25.1 Å². The van der Waals surface area contributed by atoms with Crippen molar-refractivity contribution in [2.45, 2.75) is 25.5 Å². The van der Waals surface area contributed by atoms with Crippen molar-refractivity contribution < 1.29 is 8.60 Å². The van der Waals surface area contributed by atoms with E-state index in [2.05, 4.69) is 14.4 Å². The van der Waals surface area contributed by atoms with Gasteiger partial charge >= 0.3 is 0 Å². The Kier molecular flexibility index (Phi) is 4.94. The van der Waals surface area contributed by atoms with Gasteiger partial charge in [-0.3, -0.25) is 0 Å². The third kappa shape index (κ3) is 3.69. The Morgan fingerprint density at radius 2 is 2.12 bits per heavy atom. The predicted molar refractivity (Wildman–Crippen MR) is 103 cm³/mol. The lowest BCUT2D eigenvalue weighted by molar-refractivity contribution is 0.624. The molecule has 0 unspecified atom stereocenters. The van der Waals surface area contributed by atoms with Crippen molar-refractivity contribution in [3.8, 4) is 17.2 Å². The quantitative estimate of drug-likeness (QED) is 0.630. The number of nitrogens with zero attached hydrogens (tertiary/aromatic N) is 4. The van der Waals surface area contributed by atoms with Crippen LogP contribution >= 0.6 is 11.3 Å². The number of halogens is 1. The maximum absolute atomic E-state index is 13.7. The molecule has 0 aliphatic carbocycles. The normalized spacial score (nSPS) is 13.2. The summed E-state index contributed by atoms with van der Waals surface area (Å²) >= 11 is 1.43. The van der Waals surface area contributed by atoms with Crippen molar-refractivity contribution in [1.29, 1.82) is 5.26 Å². The average Bonchev–Trinajstić information content (AvgIpc) is 3.05. The molecule has 0 aliphatic heterocycles. The number of hydrogen-bond donors (Lipinski definition) is 0. The van der Waals surface area contributed by atoms with Crippen LogP contribution in [0.3, 0.4) is 0 Å². The molecule has 1 atom stereocenters. The number of rotatable bonds is 3. The van der Waals surface area contributed by atoms with Gasteiger partial charge < -0.3 is 0 Å². The van der Waals surface area contributed by atoms with Gasteiger partial charge in [0.05, 0.1) is 32.4 Å². The zero-order chi connectivity index (χ0) is 18.9. The van der Waals surface area contributed by atoms with Gasteiger partial charge in [0.15, 0.2) is 5.65 Å². The molecule has 0 amide bonds. The van der Waals surface area contributed by atoms with Crippen molar-refractivity contribution in [2.24, 2.45) is 4.40 Å². The van der Waals surface area contributed by atoms with Crippen LogP contribution in [0, 0.1) is 17.1 Å². The van der Waals surface area contributed by atoms with E-state index < -0.39 is 21.5 Å². The van der Waals surface area contributed by atoms with Crippen molar-refractivity contribution in [3.05, 3.63) is 46.9 Å². The lowest BCUT2D eigenvalue weighted by Gasteiger charge is -2.13.